The molecule has 0 atom stereocenters. The molecule has 0 N–H and O–H groups in total. The fraction of sp³-hybridized carbons (Fsp3) is 0.167. The van der Waals surface area contributed by atoms with Gasteiger partial charge < -0.3 is 9.47 Å². The second-order valence-electron chi connectivity index (χ2n) is 3.34. The quantitative estimate of drug-likeness (QED) is 0.751. The third kappa shape index (κ3) is 2.27. The summed E-state index contributed by atoms with van der Waals surface area (Å²) in [6.07, 6.45) is 1.52. The van der Waals surface area contributed by atoms with Crippen molar-refractivity contribution in [2.75, 3.05) is 14.2 Å². The molecular weight excluding hydrogens is 234 g/mol. The van der Waals surface area contributed by atoms with Crippen LogP contribution in [0.2, 0.25) is 0 Å². The van der Waals surface area contributed by atoms with E-state index in [1.54, 1.807) is 18.2 Å². The molecule has 0 saturated heterocycles. The third-order valence-electron chi connectivity index (χ3n) is 2.29. The van der Waals surface area contributed by atoms with Crippen LogP contribution in [-0.2, 0) is 0 Å². The molecule has 0 bridgehead atoms. The van der Waals surface area contributed by atoms with Crippen LogP contribution in [0.5, 0.6) is 11.6 Å². The smallest absolute Gasteiger partial charge is 0.235 e. The van der Waals surface area contributed by atoms with E-state index >= 15 is 0 Å². The summed E-state index contributed by atoms with van der Waals surface area (Å²) in [5.74, 6) is 0.405. The first kappa shape index (κ1) is 12.0. The molecule has 92 valence electrons. The largest absolute Gasteiger partial charge is 0.494 e. The van der Waals surface area contributed by atoms with Crippen molar-refractivity contribution in [2.45, 2.75) is 0 Å². The number of carbonyl (C=O) groups is 1. The van der Waals surface area contributed by atoms with Gasteiger partial charge in [0.1, 0.15) is 11.4 Å². The molecule has 0 unspecified atom stereocenters. The van der Waals surface area contributed by atoms with Gasteiger partial charge in [-0.15, -0.1) is 10.2 Å². The van der Waals surface area contributed by atoms with E-state index in [2.05, 4.69) is 15.2 Å². The number of ether oxygens (including phenoxy) is 2. The summed E-state index contributed by atoms with van der Waals surface area (Å²) in [5.41, 5.74) is 0.396. The monoisotopic (exact) mass is 245 g/mol. The number of pyridine rings is 1. The van der Waals surface area contributed by atoms with E-state index in [-0.39, 0.29) is 17.2 Å². The van der Waals surface area contributed by atoms with Crippen LogP contribution in [0.3, 0.4) is 0 Å². The number of aromatic nitrogens is 3. The zero-order chi connectivity index (χ0) is 13.0. The Bertz CT molecular complexity index is 555. The Balaban J connectivity index is 2.35. The minimum atomic E-state index is -0.345. The molecule has 0 aromatic carbocycles. The van der Waals surface area contributed by atoms with E-state index in [1.165, 1.54) is 26.5 Å². The fourth-order valence-corrected chi connectivity index (χ4v) is 1.40. The summed E-state index contributed by atoms with van der Waals surface area (Å²) in [6, 6.07) is 6.45. The van der Waals surface area contributed by atoms with Crippen molar-refractivity contribution in [3.8, 4) is 11.6 Å². The molecule has 0 aliphatic rings. The molecule has 0 aliphatic heterocycles. The van der Waals surface area contributed by atoms with Gasteiger partial charge in [-0.1, -0.05) is 0 Å². The predicted molar refractivity (Wildman–Crippen MR) is 62.8 cm³/mol. The Morgan fingerprint density at radius 1 is 1.11 bits per heavy atom. The summed E-state index contributed by atoms with van der Waals surface area (Å²) in [4.78, 5) is 16.1. The molecule has 2 heterocycles. The molecule has 0 aliphatic carbocycles. The standard InChI is InChI=1S/C12H11N3O3/c1-17-9-4-3-7-13-11(9)12(16)8-5-6-10(18-2)15-14-8/h3-7H,1-2H3. The van der Waals surface area contributed by atoms with Gasteiger partial charge in [0.2, 0.25) is 11.7 Å². The number of hydrogen-bond donors (Lipinski definition) is 0. The Morgan fingerprint density at radius 2 is 1.94 bits per heavy atom. The number of carbonyl (C=O) groups excluding carboxylic acids is 1. The van der Waals surface area contributed by atoms with Gasteiger partial charge in [0.25, 0.3) is 0 Å². The number of methoxy groups -OCH3 is 2. The number of nitrogens with zero attached hydrogens (tertiary/aromatic N) is 3. The zero-order valence-corrected chi connectivity index (χ0v) is 9.95. The maximum atomic E-state index is 12.1. The molecule has 6 heteroatoms. The van der Waals surface area contributed by atoms with Crippen LogP contribution in [0.15, 0.2) is 30.5 Å². The van der Waals surface area contributed by atoms with Crippen molar-refractivity contribution in [2.24, 2.45) is 0 Å². The second-order valence-corrected chi connectivity index (χ2v) is 3.34. The lowest BCUT2D eigenvalue weighted by Crippen LogP contribution is -2.09. The van der Waals surface area contributed by atoms with Crippen LogP contribution in [0, 0.1) is 0 Å². The Kier molecular flexibility index (Phi) is 3.47. The van der Waals surface area contributed by atoms with E-state index in [1.807, 2.05) is 0 Å². The van der Waals surface area contributed by atoms with Gasteiger partial charge in [-0.25, -0.2) is 4.98 Å². The van der Waals surface area contributed by atoms with Gasteiger partial charge in [-0.05, 0) is 18.2 Å². The highest BCUT2D eigenvalue weighted by molar-refractivity contribution is 6.07. The van der Waals surface area contributed by atoms with Gasteiger partial charge in [-0.3, -0.25) is 4.79 Å². The molecular formula is C12H11N3O3. The summed E-state index contributed by atoms with van der Waals surface area (Å²) in [7, 11) is 2.96. The maximum absolute atomic E-state index is 12.1. The molecule has 2 rings (SSSR count). The van der Waals surface area contributed by atoms with Crippen LogP contribution in [0.4, 0.5) is 0 Å². The summed E-state index contributed by atoms with van der Waals surface area (Å²) in [6.45, 7) is 0. The van der Waals surface area contributed by atoms with Crippen molar-refractivity contribution in [3.63, 3.8) is 0 Å². The molecule has 2 aromatic heterocycles. The number of ketones is 1. The van der Waals surface area contributed by atoms with E-state index in [0.29, 0.717) is 11.6 Å². The molecule has 18 heavy (non-hydrogen) atoms. The average Bonchev–Trinajstić information content (AvgIpc) is 2.46. The van der Waals surface area contributed by atoms with Crippen LogP contribution in [0.1, 0.15) is 16.2 Å². The Hall–Kier alpha value is -2.50. The normalized spacial score (nSPS) is 9.89. The van der Waals surface area contributed by atoms with Crippen LogP contribution in [-0.4, -0.2) is 35.2 Å². The number of rotatable bonds is 4. The zero-order valence-electron chi connectivity index (χ0n) is 9.95. The molecule has 2 aromatic rings. The molecule has 0 amide bonds. The van der Waals surface area contributed by atoms with Crippen LogP contribution >= 0.6 is 0 Å². The average molecular weight is 245 g/mol. The predicted octanol–water partition coefficient (Wildman–Crippen LogP) is 1.12. The van der Waals surface area contributed by atoms with Crippen LogP contribution in [0.25, 0.3) is 0 Å². The lowest BCUT2D eigenvalue weighted by atomic mass is 10.2. The minimum Gasteiger partial charge on any atom is -0.494 e. The van der Waals surface area contributed by atoms with E-state index in [4.69, 9.17) is 9.47 Å². The van der Waals surface area contributed by atoms with Crippen molar-refractivity contribution in [1.29, 1.82) is 0 Å². The van der Waals surface area contributed by atoms with E-state index in [9.17, 15) is 4.79 Å². The van der Waals surface area contributed by atoms with Crippen LogP contribution < -0.4 is 9.47 Å². The SMILES string of the molecule is COc1ccc(C(=O)c2ncccc2OC)nn1. The highest BCUT2D eigenvalue weighted by Crippen LogP contribution is 2.18. The van der Waals surface area contributed by atoms with E-state index < -0.39 is 0 Å². The molecule has 0 spiro atoms. The first-order valence-corrected chi connectivity index (χ1v) is 5.17. The van der Waals surface area contributed by atoms with Crippen molar-refractivity contribution in [1.82, 2.24) is 15.2 Å². The first-order chi connectivity index (χ1) is 8.76. The first-order valence-electron chi connectivity index (χ1n) is 5.17. The second kappa shape index (κ2) is 5.22. The van der Waals surface area contributed by atoms with Crippen molar-refractivity contribution >= 4 is 5.78 Å². The molecule has 0 radical (unpaired) electrons. The highest BCUT2D eigenvalue weighted by Gasteiger charge is 2.17. The summed E-state index contributed by atoms with van der Waals surface area (Å²) in [5, 5.41) is 7.52. The molecule has 6 nitrogen and oxygen atoms in total. The molecule has 0 fully saturated rings. The van der Waals surface area contributed by atoms with Gasteiger partial charge in [0.15, 0.2) is 5.69 Å². The number of hydrogen-bond acceptors (Lipinski definition) is 6. The van der Waals surface area contributed by atoms with Gasteiger partial charge >= 0.3 is 0 Å². The summed E-state index contributed by atoms with van der Waals surface area (Å²) < 4.78 is 9.95. The van der Waals surface area contributed by atoms with Gasteiger partial charge in [-0.2, -0.15) is 0 Å². The lowest BCUT2D eigenvalue weighted by molar-refractivity contribution is 0.102. The molecule has 0 saturated carbocycles. The highest BCUT2D eigenvalue weighted by atomic mass is 16.5. The maximum Gasteiger partial charge on any atom is 0.235 e. The third-order valence-corrected chi connectivity index (χ3v) is 2.29. The summed E-state index contributed by atoms with van der Waals surface area (Å²) >= 11 is 0. The minimum absolute atomic E-state index is 0.188. The Morgan fingerprint density at radius 3 is 2.56 bits per heavy atom. The lowest BCUT2D eigenvalue weighted by Gasteiger charge is -2.05. The fourth-order valence-electron chi connectivity index (χ4n) is 1.40. The Labute approximate surface area is 104 Å². The topological polar surface area (TPSA) is 74.2 Å². The van der Waals surface area contributed by atoms with Crippen molar-refractivity contribution < 1.29 is 14.3 Å². The van der Waals surface area contributed by atoms with Gasteiger partial charge in [0.05, 0.1) is 14.2 Å². The van der Waals surface area contributed by atoms with Crippen molar-refractivity contribution in [3.05, 3.63) is 41.9 Å². The van der Waals surface area contributed by atoms with E-state index in [0.717, 1.165) is 0 Å². The van der Waals surface area contributed by atoms with Gasteiger partial charge in [0, 0.05) is 12.3 Å².